The van der Waals surface area contributed by atoms with Gasteiger partial charge < -0.3 is 9.47 Å². The largest absolute Gasteiger partial charge is 0.353 e. The summed E-state index contributed by atoms with van der Waals surface area (Å²) >= 11 is 3.41. The van der Waals surface area contributed by atoms with Gasteiger partial charge in [-0.05, 0) is 60.2 Å². The standard InChI is InChI=1S/C14H16BrNO2/c1-11-13(15)8-7-12(16-11)5-4-10-18-14-6-2-3-9-17-14/h7-8,14H,2-3,6,9-10H2,1H3. The van der Waals surface area contributed by atoms with Gasteiger partial charge in [0.1, 0.15) is 12.3 Å². The molecule has 1 aliphatic heterocycles. The smallest absolute Gasteiger partial charge is 0.158 e. The highest BCUT2D eigenvalue weighted by Gasteiger charge is 2.12. The Hall–Kier alpha value is -0.890. The van der Waals surface area contributed by atoms with Crippen LogP contribution in [0.3, 0.4) is 0 Å². The molecule has 1 atom stereocenters. The minimum Gasteiger partial charge on any atom is -0.353 e. The van der Waals surface area contributed by atoms with Crippen LogP contribution in [-0.2, 0) is 9.47 Å². The topological polar surface area (TPSA) is 31.4 Å². The van der Waals surface area contributed by atoms with Gasteiger partial charge in [-0.3, -0.25) is 0 Å². The van der Waals surface area contributed by atoms with E-state index in [1.807, 2.05) is 19.1 Å². The maximum absolute atomic E-state index is 5.53. The maximum Gasteiger partial charge on any atom is 0.158 e. The van der Waals surface area contributed by atoms with Crippen molar-refractivity contribution in [3.63, 3.8) is 0 Å². The Balaban J connectivity index is 1.82. The minimum atomic E-state index is -0.0762. The van der Waals surface area contributed by atoms with Crippen LogP contribution in [0.4, 0.5) is 0 Å². The molecule has 0 N–H and O–H groups in total. The van der Waals surface area contributed by atoms with Crippen LogP contribution in [0.2, 0.25) is 0 Å². The number of hydrogen-bond donors (Lipinski definition) is 0. The Morgan fingerprint density at radius 3 is 3.11 bits per heavy atom. The van der Waals surface area contributed by atoms with E-state index in [4.69, 9.17) is 9.47 Å². The fourth-order valence-electron chi connectivity index (χ4n) is 1.72. The van der Waals surface area contributed by atoms with E-state index in [9.17, 15) is 0 Å². The molecule has 0 aromatic carbocycles. The lowest BCUT2D eigenvalue weighted by Crippen LogP contribution is -2.22. The quantitative estimate of drug-likeness (QED) is 0.787. The van der Waals surface area contributed by atoms with E-state index in [1.165, 1.54) is 6.42 Å². The fourth-order valence-corrected chi connectivity index (χ4v) is 1.94. The monoisotopic (exact) mass is 309 g/mol. The molecular weight excluding hydrogens is 294 g/mol. The summed E-state index contributed by atoms with van der Waals surface area (Å²) in [5.74, 6) is 5.96. The second-order valence-electron chi connectivity index (χ2n) is 4.17. The Labute approximate surface area is 116 Å². The highest BCUT2D eigenvalue weighted by atomic mass is 79.9. The van der Waals surface area contributed by atoms with Crippen LogP contribution in [0.1, 0.15) is 30.7 Å². The number of aryl methyl sites for hydroxylation is 1. The molecule has 0 aliphatic carbocycles. The SMILES string of the molecule is Cc1nc(C#CCOC2CCCCO2)ccc1Br. The van der Waals surface area contributed by atoms with Crippen molar-refractivity contribution in [1.29, 1.82) is 0 Å². The van der Waals surface area contributed by atoms with Gasteiger partial charge in [0, 0.05) is 11.1 Å². The van der Waals surface area contributed by atoms with Crippen molar-refractivity contribution in [2.75, 3.05) is 13.2 Å². The average molecular weight is 310 g/mol. The number of ether oxygens (including phenoxy) is 2. The van der Waals surface area contributed by atoms with Crippen LogP contribution >= 0.6 is 15.9 Å². The van der Waals surface area contributed by atoms with Crippen LogP contribution in [-0.4, -0.2) is 24.5 Å². The van der Waals surface area contributed by atoms with Crippen molar-refractivity contribution < 1.29 is 9.47 Å². The summed E-state index contributed by atoms with van der Waals surface area (Å²) in [5, 5.41) is 0. The van der Waals surface area contributed by atoms with E-state index in [-0.39, 0.29) is 6.29 Å². The highest BCUT2D eigenvalue weighted by molar-refractivity contribution is 9.10. The second-order valence-corrected chi connectivity index (χ2v) is 5.03. The van der Waals surface area contributed by atoms with Gasteiger partial charge in [-0.2, -0.15) is 0 Å². The molecule has 1 aliphatic rings. The number of pyridine rings is 1. The van der Waals surface area contributed by atoms with Crippen LogP contribution in [0.25, 0.3) is 0 Å². The summed E-state index contributed by atoms with van der Waals surface area (Å²) in [6.07, 6.45) is 3.20. The number of rotatable bonds is 2. The molecule has 4 heteroatoms. The average Bonchev–Trinajstić information content (AvgIpc) is 2.40. The van der Waals surface area contributed by atoms with Gasteiger partial charge >= 0.3 is 0 Å². The van der Waals surface area contributed by atoms with E-state index >= 15 is 0 Å². The first-order valence-electron chi connectivity index (χ1n) is 6.11. The van der Waals surface area contributed by atoms with Gasteiger partial charge in [-0.25, -0.2) is 4.98 Å². The molecule has 0 saturated carbocycles. The first-order valence-corrected chi connectivity index (χ1v) is 6.90. The van der Waals surface area contributed by atoms with Crippen LogP contribution in [0, 0.1) is 18.8 Å². The zero-order valence-electron chi connectivity index (χ0n) is 10.4. The lowest BCUT2D eigenvalue weighted by molar-refractivity contribution is -0.154. The molecule has 0 amide bonds. The zero-order chi connectivity index (χ0) is 12.8. The molecule has 0 spiro atoms. The van der Waals surface area contributed by atoms with E-state index < -0.39 is 0 Å². The van der Waals surface area contributed by atoms with E-state index in [0.717, 1.165) is 35.3 Å². The van der Waals surface area contributed by atoms with Gasteiger partial charge in [-0.1, -0.05) is 5.92 Å². The Bertz CT molecular complexity index is 459. The molecule has 0 radical (unpaired) electrons. The Kier molecular flexibility index (Phi) is 5.18. The van der Waals surface area contributed by atoms with Crippen molar-refractivity contribution in [3.05, 3.63) is 28.0 Å². The van der Waals surface area contributed by atoms with E-state index in [0.29, 0.717) is 6.61 Å². The third-order valence-corrected chi connectivity index (χ3v) is 3.56. The summed E-state index contributed by atoms with van der Waals surface area (Å²) in [5.41, 5.74) is 1.71. The number of halogens is 1. The van der Waals surface area contributed by atoms with Crippen molar-refractivity contribution in [3.8, 4) is 11.8 Å². The molecule has 96 valence electrons. The zero-order valence-corrected chi connectivity index (χ0v) is 12.0. The van der Waals surface area contributed by atoms with Gasteiger partial charge in [0.15, 0.2) is 6.29 Å². The molecule has 1 aromatic rings. The van der Waals surface area contributed by atoms with Gasteiger partial charge in [-0.15, -0.1) is 0 Å². The molecule has 2 heterocycles. The molecule has 18 heavy (non-hydrogen) atoms. The highest BCUT2D eigenvalue weighted by Crippen LogP contribution is 2.14. The first-order chi connectivity index (χ1) is 8.75. The molecule has 0 bridgehead atoms. The number of hydrogen-bond acceptors (Lipinski definition) is 3. The third kappa shape index (κ3) is 4.09. The maximum atomic E-state index is 5.53. The van der Waals surface area contributed by atoms with Gasteiger partial charge in [0.2, 0.25) is 0 Å². The lowest BCUT2D eigenvalue weighted by Gasteiger charge is -2.21. The fraction of sp³-hybridized carbons (Fsp3) is 0.500. The van der Waals surface area contributed by atoms with Crippen molar-refractivity contribution >= 4 is 15.9 Å². The normalized spacial score (nSPS) is 19.1. The lowest BCUT2D eigenvalue weighted by atomic mass is 10.2. The van der Waals surface area contributed by atoms with Crippen LogP contribution < -0.4 is 0 Å². The predicted octanol–water partition coefficient (Wildman–Crippen LogP) is 3.05. The summed E-state index contributed by atoms with van der Waals surface area (Å²) in [6, 6.07) is 3.85. The molecule has 1 saturated heterocycles. The summed E-state index contributed by atoms with van der Waals surface area (Å²) in [7, 11) is 0. The van der Waals surface area contributed by atoms with Crippen LogP contribution in [0.15, 0.2) is 16.6 Å². The molecular formula is C14H16BrNO2. The summed E-state index contributed by atoms with van der Waals surface area (Å²) in [6.45, 7) is 3.13. The van der Waals surface area contributed by atoms with Crippen molar-refractivity contribution in [2.45, 2.75) is 32.5 Å². The van der Waals surface area contributed by atoms with Crippen molar-refractivity contribution in [1.82, 2.24) is 4.98 Å². The molecule has 1 fully saturated rings. The van der Waals surface area contributed by atoms with E-state index in [2.05, 4.69) is 32.8 Å². The van der Waals surface area contributed by atoms with Gasteiger partial charge in [0.05, 0.1) is 5.69 Å². The molecule has 1 aromatic heterocycles. The van der Waals surface area contributed by atoms with Gasteiger partial charge in [0.25, 0.3) is 0 Å². The summed E-state index contributed by atoms with van der Waals surface area (Å²) in [4.78, 5) is 4.35. The molecule has 2 rings (SSSR count). The minimum absolute atomic E-state index is 0.0762. The number of aromatic nitrogens is 1. The third-order valence-electron chi connectivity index (χ3n) is 2.72. The summed E-state index contributed by atoms with van der Waals surface area (Å²) < 4.78 is 12.0. The molecule has 1 unspecified atom stereocenters. The molecule has 3 nitrogen and oxygen atoms in total. The van der Waals surface area contributed by atoms with E-state index in [1.54, 1.807) is 0 Å². The predicted molar refractivity (Wildman–Crippen MR) is 73.1 cm³/mol. The second kappa shape index (κ2) is 6.89. The van der Waals surface area contributed by atoms with Crippen LogP contribution in [0.5, 0.6) is 0 Å². The number of nitrogens with zero attached hydrogens (tertiary/aromatic N) is 1. The Morgan fingerprint density at radius 2 is 2.39 bits per heavy atom. The van der Waals surface area contributed by atoms with Crippen molar-refractivity contribution in [2.24, 2.45) is 0 Å². The first kappa shape index (κ1) is 13.5. The Morgan fingerprint density at radius 1 is 1.50 bits per heavy atom.